The molecule has 19 heavy (non-hydrogen) atoms. The molecule has 2 unspecified atom stereocenters. The lowest BCUT2D eigenvalue weighted by Crippen LogP contribution is -2.38. The highest BCUT2D eigenvalue weighted by Crippen LogP contribution is 2.29. The summed E-state index contributed by atoms with van der Waals surface area (Å²) in [5, 5.41) is 3.65. The van der Waals surface area contributed by atoms with Crippen molar-refractivity contribution in [2.24, 2.45) is 0 Å². The molecule has 0 aromatic heterocycles. The van der Waals surface area contributed by atoms with Crippen molar-refractivity contribution in [2.75, 3.05) is 6.54 Å². The van der Waals surface area contributed by atoms with Gasteiger partial charge in [0.05, 0.1) is 10.1 Å². The average Bonchev–Trinajstić information content (AvgIpc) is 2.40. The molecule has 0 heterocycles. The zero-order chi connectivity index (χ0) is 13.9. The van der Waals surface area contributed by atoms with Gasteiger partial charge in [0.15, 0.2) is 9.84 Å². The van der Waals surface area contributed by atoms with Gasteiger partial charge in [0.2, 0.25) is 0 Å². The van der Waals surface area contributed by atoms with Crippen LogP contribution in [0.3, 0.4) is 0 Å². The van der Waals surface area contributed by atoms with Crippen LogP contribution in [0.15, 0.2) is 29.2 Å². The van der Waals surface area contributed by atoms with Crippen molar-refractivity contribution in [1.29, 1.82) is 0 Å². The minimum absolute atomic E-state index is 0.272. The summed E-state index contributed by atoms with van der Waals surface area (Å²) in [6.45, 7) is 2.94. The van der Waals surface area contributed by atoms with Crippen molar-refractivity contribution in [3.05, 3.63) is 29.3 Å². The maximum absolute atomic E-state index is 12.6. The Bertz CT molecular complexity index is 511. The molecule has 1 fully saturated rings. The molecular weight excluding hydrogens is 282 g/mol. The molecule has 2 atom stereocenters. The number of benzene rings is 1. The third-order valence-corrected chi connectivity index (χ3v) is 6.19. The fraction of sp³-hybridized carbons (Fsp3) is 0.571. The zero-order valence-corrected chi connectivity index (χ0v) is 12.7. The Morgan fingerprint density at radius 1 is 1.26 bits per heavy atom. The number of rotatable bonds is 4. The average molecular weight is 302 g/mol. The second kappa shape index (κ2) is 6.25. The Kier molecular flexibility index (Phi) is 4.87. The predicted molar refractivity (Wildman–Crippen MR) is 78.4 cm³/mol. The summed E-state index contributed by atoms with van der Waals surface area (Å²) in [7, 11) is -3.23. The molecule has 0 bridgehead atoms. The van der Waals surface area contributed by atoms with E-state index in [2.05, 4.69) is 12.2 Å². The van der Waals surface area contributed by atoms with Crippen molar-refractivity contribution in [3.8, 4) is 0 Å². The van der Waals surface area contributed by atoms with Gasteiger partial charge in [0.1, 0.15) is 0 Å². The van der Waals surface area contributed by atoms with Gasteiger partial charge in [0, 0.05) is 11.1 Å². The predicted octanol–water partition coefficient (Wildman–Crippen LogP) is 3.03. The molecule has 1 aromatic rings. The van der Waals surface area contributed by atoms with E-state index < -0.39 is 9.84 Å². The second-order valence-corrected chi connectivity index (χ2v) is 7.71. The van der Waals surface area contributed by atoms with Crippen LogP contribution in [0.1, 0.15) is 32.6 Å². The zero-order valence-electron chi connectivity index (χ0n) is 11.1. The Hall–Kier alpha value is -0.580. The summed E-state index contributed by atoms with van der Waals surface area (Å²) >= 11 is 5.81. The van der Waals surface area contributed by atoms with Crippen LogP contribution in [0, 0.1) is 0 Å². The number of halogens is 1. The quantitative estimate of drug-likeness (QED) is 0.930. The first-order valence-corrected chi connectivity index (χ1v) is 8.69. The summed E-state index contributed by atoms with van der Waals surface area (Å²) in [4.78, 5) is 0.388. The maximum Gasteiger partial charge on any atom is 0.181 e. The first-order valence-electron chi connectivity index (χ1n) is 6.77. The van der Waals surface area contributed by atoms with E-state index in [0.29, 0.717) is 22.4 Å². The van der Waals surface area contributed by atoms with Crippen LogP contribution >= 0.6 is 11.6 Å². The van der Waals surface area contributed by atoms with E-state index in [9.17, 15) is 8.42 Å². The Labute approximate surface area is 120 Å². The van der Waals surface area contributed by atoms with Gasteiger partial charge in [-0.05, 0) is 50.1 Å². The van der Waals surface area contributed by atoms with Gasteiger partial charge >= 0.3 is 0 Å². The minimum Gasteiger partial charge on any atom is -0.314 e. The standard InChI is InChI=1S/C14H20ClNO2S/c1-2-16-12-4-3-5-14(10-12)19(17,18)13-8-6-11(15)7-9-13/h6-9,12,14,16H,2-5,10H2,1H3. The van der Waals surface area contributed by atoms with E-state index in [4.69, 9.17) is 11.6 Å². The largest absolute Gasteiger partial charge is 0.314 e. The normalized spacial score (nSPS) is 24.3. The van der Waals surface area contributed by atoms with E-state index in [1.807, 2.05) is 0 Å². The van der Waals surface area contributed by atoms with E-state index >= 15 is 0 Å². The fourth-order valence-electron chi connectivity index (χ4n) is 2.72. The van der Waals surface area contributed by atoms with Crippen LogP contribution in [0.4, 0.5) is 0 Å². The lowest BCUT2D eigenvalue weighted by atomic mass is 9.95. The molecule has 0 saturated heterocycles. The van der Waals surface area contributed by atoms with Crippen molar-refractivity contribution in [2.45, 2.75) is 48.8 Å². The topological polar surface area (TPSA) is 46.2 Å². The smallest absolute Gasteiger partial charge is 0.181 e. The third kappa shape index (κ3) is 3.50. The van der Waals surface area contributed by atoms with Crippen LogP contribution in [-0.4, -0.2) is 26.3 Å². The number of hydrogen-bond acceptors (Lipinski definition) is 3. The van der Waals surface area contributed by atoms with Gasteiger partial charge < -0.3 is 5.32 Å². The molecule has 0 amide bonds. The fourth-order valence-corrected chi connectivity index (χ4v) is 4.71. The molecule has 0 radical (unpaired) electrons. The molecule has 0 spiro atoms. The SMILES string of the molecule is CCNC1CCCC(S(=O)(=O)c2ccc(Cl)cc2)C1. The molecular formula is C14H20ClNO2S. The van der Waals surface area contributed by atoms with Crippen LogP contribution in [0.5, 0.6) is 0 Å². The van der Waals surface area contributed by atoms with E-state index in [0.717, 1.165) is 25.8 Å². The summed E-state index contributed by atoms with van der Waals surface area (Å²) in [6.07, 6.45) is 3.50. The van der Waals surface area contributed by atoms with Crippen LogP contribution < -0.4 is 5.32 Å². The highest BCUT2D eigenvalue weighted by Gasteiger charge is 2.32. The molecule has 1 aliphatic rings. The summed E-state index contributed by atoms with van der Waals surface area (Å²) in [5.74, 6) is 0. The Morgan fingerprint density at radius 2 is 1.95 bits per heavy atom. The van der Waals surface area contributed by atoms with Gasteiger partial charge in [-0.2, -0.15) is 0 Å². The van der Waals surface area contributed by atoms with Crippen LogP contribution in [0.2, 0.25) is 5.02 Å². The van der Waals surface area contributed by atoms with Crippen LogP contribution in [-0.2, 0) is 9.84 Å². The lowest BCUT2D eigenvalue weighted by Gasteiger charge is -2.29. The van der Waals surface area contributed by atoms with Crippen molar-refractivity contribution in [1.82, 2.24) is 5.32 Å². The molecule has 1 N–H and O–H groups in total. The van der Waals surface area contributed by atoms with Gasteiger partial charge in [-0.3, -0.25) is 0 Å². The summed E-state index contributed by atoms with van der Waals surface area (Å²) in [6, 6.07) is 6.81. The molecule has 1 aromatic carbocycles. The highest BCUT2D eigenvalue weighted by atomic mass is 35.5. The number of hydrogen-bond donors (Lipinski definition) is 1. The van der Waals surface area contributed by atoms with E-state index in [1.54, 1.807) is 24.3 Å². The summed E-state index contributed by atoms with van der Waals surface area (Å²) in [5.41, 5.74) is 0. The van der Waals surface area contributed by atoms with E-state index in [1.165, 1.54) is 0 Å². The summed E-state index contributed by atoms with van der Waals surface area (Å²) < 4.78 is 25.2. The molecule has 0 aliphatic heterocycles. The van der Waals surface area contributed by atoms with Crippen molar-refractivity contribution >= 4 is 21.4 Å². The molecule has 1 saturated carbocycles. The Balaban J connectivity index is 2.17. The molecule has 106 valence electrons. The molecule has 1 aliphatic carbocycles. The first-order chi connectivity index (χ1) is 9.04. The van der Waals surface area contributed by atoms with E-state index in [-0.39, 0.29) is 5.25 Å². The number of nitrogens with one attached hydrogen (secondary N) is 1. The lowest BCUT2D eigenvalue weighted by molar-refractivity contribution is 0.377. The second-order valence-electron chi connectivity index (χ2n) is 5.04. The first kappa shape index (κ1) is 14.8. The van der Waals surface area contributed by atoms with Crippen LogP contribution in [0.25, 0.3) is 0 Å². The molecule has 2 rings (SSSR count). The minimum atomic E-state index is -3.23. The van der Waals surface area contributed by atoms with Gasteiger partial charge in [0.25, 0.3) is 0 Å². The third-order valence-electron chi connectivity index (χ3n) is 3.70. The molecule has 5 heteroatoms. The monoisotopic (exact) mass is 301 g/mol. The Morgan fingerprint density at radius 3 is 2.58 bits per heavy atom. The van der Waals surface area contributed by atoms with Crippen molar-refractivity contribution < 1.29 is 8.42 Å². The highest BCUT2D eigenvalue weighted by molar-refractivity contribution is 7.92. The van der Waals surface area contributed by atoms with Gasteiger partial charge in [-0.1, -0.05) is 24.9 Å². The molecule has 3 nitrogen and oxygen atoms in total. The van der Waals surface area contributed by atoms with Gasteiger partial charge in [-0.25, -0.2) is 8.42 Å². The number of sulfone groups is 1. The van der Waals surface area contributed by atoms with Crippen molar-refractivity contribution in [3.63, 3.8) is 0 Å². The maximum atomic E-state index is 12.6. The van der Waals surface area contributed by atoms with Gasteiger partial charge in [-0.15, -0.1) is 0 Å².